The quantitative estimate of drug-likeness (QED) is 0.851. The maximum Gasteiger partial charge on any atom is 0.573 e. The molecule has 1 unspecified atom stereocenters. The van der Waals surface area contributed by atoms with E-state index in [1.54, 1.807) is 6.07 Å². The molecule has 21 heavy (non-hydrogen) atoms. The van der Waals surface area contributed by atoms with Crippen molar-refractivity contribution in [3.8, 4) is 5.75 Å². The van der Waals surface area contributed by atoms with E-state index in [1.807, 2.05) is 0 Å². The fourth-order valence-electron chi connectivity index (χ4n) is 1.92. The minimum atomic E-state index is -4.80. The predicted octanol–water partition coefficient (Wildman–Crippen LogP) is 1.97. The minimum Gasteiger partial charge on any atom is -0.406 e. The molecule has 0 spiro atoms. The zero-order valence-corrected chi connectivity index (χ0v) is 11.3. The third kappa shape index (κ3) is 4.03. The molecule has 2 amide bonds. The molecule has 1 aromatic carbocycles. The SMILES string of the molecule is [NH]C(=O)CN1C(=O)CSC1c1cccc(OC(F)(F)F)c1. The van der Waals surface area contributed by atoms with Crippen LogP contribution in [0.25, 0.3) is 0 Å². The summed E-state index contributed by atoms with van der Waals surface area (Å²) in [6.45, 7) is -0.388. The van der Waals surface area contributed by atoms with Crippen LogP contribution >= 0.6 is 11.8 Å². The molecule has 9 heteroatoms. The summed E-state index contributed by atoms with van der Waals surface area (Å²) in [5.41, 5.74) is 7.34. The second-order valence-electron chi connectivity index (χ2n) is 4.23. The Morgan fingerprint density at radius 3 is 2.81 bits per heavy atom. The zero-order valence-electron chi connectivity index (χ0n) is 10.5. The Morgan fingerprint density at radius 2 is 2.19 bits per heavy atom. The highest BCUT2D eigenvalue weighted by atomic mass is 32.2. The Balaban J connectivity index is 2.22. The number of thioether (sulfide) groups is 1. The third-order valence-corrected chi connectivity index (χ3v) is 3.91. The van der Waals surface area contributed by atoms with Crippen molar-refractivity contribution in [2.45, 2.75) is 11.7 Å². The topological polar surface area (TPSA) is 70.4 Å². The van der Waals surface area contributed by atoms with E-state index in [0.29, 0.717) is 5.56 Å². The Labute approximate surface area is 122 Å². The second-order valence-corrected chi connectivity index (χ2v) is 5.30. The molecule has 1 aromatic rings. The lowest BCUT2D eigenvalue weighted by Gasteiger charge is -2.23. The number of carbonyl (C=O) groups is 2. The van der Waals surface area contributed by atoms with Crippen molar-refractivity contribution in [3.63, 3.8) is 0 Å². The number of halogens is 3. The number of alkyl halides is 3. The Kier molecular flexibility index (Phi) is 4.31. The molecule has 1 aliphatic rings. The summed E-state index contributed by atoms with van der Waals surface area (Å²) in [6.07, 6.45) is -4.80. The number of benzene rings is 1. The van der Waals surface area contributed by atoms with Crippen LogP contribution in [0.3, 0.4) is 0 Å². The first-order valence-electron chi connectivity index (χ1n) is 5.77. The van der Waals surface area contributed by atoms with Crippen LogP contribution in [0.4, 0.5) is 13.2 Å². The molecule has 0 aromatic heterocycles. The lowest BCUT2D eigenvalue weighted by molar-refractivity contribution is -0.274. The molecular formula is C12H10F3N2O3S. The van der Waals surface area contributed by atoms with Gasteiger partial charge in [0.25, 0.3) is 5.91 Å². The lowest BCUT2D eigenvalue weighted by atomic mass is 10.2. The monoisotopic (exact) mass is 319 g/mol. The van der Waals surface area contributed by atoms with E-state index in [-0.39, 0.29) is 18.2 Å². The van der Waals surface area contributed by atoms with Crippen LogP contribution in [0.5, 0.6) is 5.75 Å². The smallest absolute Gasteiger partial charge is 0.406 e. The van der Waals surface area contributed by atoms with Crippen LogP contribution in [0, 0.1) is 0 Å². The molecule has 1 atom stereocenters. The van der Waals surface area contributed by atoms with Crippen molar-refractivity contribution in [1.29, 1.82) is 0 Å². The van der Waals surface area contributed by atoms with Gasteiger partial charge < -0.3 is 9.64 Å². The van der Waals surface area contributed by atoms with Gasteiger partial charge in [-0.05, 0) is 17.7 Å². The fraction of sp³-hybridized carbons (Fsp3) is 0.333. The number of rotatable bonds is 4. The maximum atomic E-state index is 12.2. The predicted molar refractivity (Wildman–Crippen MR) is 68.1 cm³/mol. The highest BCUT2D eigenvalue weighted by Gasteiger charge is 2.35. The summed E-state index contributed by atoms with van der Waals surface area (Å²) in [4.78, 5) is 23.7. The van der Waals surface area contributed by atoms with Gasteiger partial charge >= 0.3 is 6.36 Å². The summed E-state index contributed by atoms with van der Waals surface area (Å²) < 4.78 is 40.4. The van der Waals surface area contributed by atoms with Crippen LogP contribution in [0.2, 0.25) is 0 Å². The Morgan fingerprint density at radius 1 is 1.48 bits per heavy atom. The molecule has 5 nitrogen and oxygen atoms in total. The van der Waals surface area contributed by atoms with Crippen LogP contribution in [-0.2, 0) is 9.59 Å². The summed E-state index contributed by atoms with van der Waals surface area (Å²) in [5.74, 6) is -1.54. The summed E-state index contributed by atoms with van der Waals surface area (Å²) in [7, 11) is 0. The number of carbonyl (C=O) groups excluding carboxylic acids is 2. The third-order valence-electron chi connectivity index (χ3n) is 2.66. The average Bonchev–Trinajstić information content (AvgIpc) is 2.68. The summed E-state index contributed by atoms with van der Waals surface area (Å²) in [6, 6.07) is 5.24. The van der Waals surface area contributed by atoms with E-state index in [0.717, 1.165) is 6.07 Å². The molecule has 0 aliphatic carbocycles. The van der Waals surface area contributed by atoms with E-state index < -0.39 is 23.4 Å². The Hall–Kier alpha value is -1.90. The van der Waals surface area contributed by atoms with Crippen LogP contribution in [0.1, 0.15) is 10.9 Å². The van der Waals surface area contributed by atoms with E-state index in [1.165, 1.54) is 28.8 Å². The average molecular weight is 319 g/mol. The Bertz CT molecular complexity index is 565. The molecule has 0 saturated carbocycles. The van der Waals surface area contributed by atoms with Gasteiger partial charge in [0.05, 0.1) is 5.75 Å². The molecule has 1 radical (unpaired) electrons. The molecular weight excluding hydrogens is 309 g/mol. The number of nitrogens with one attached hydrogen (secondary N) is 1. The first-order valence-corrected chi connectivity index (χ1v) is 6.82. The van der Waals surface area contributed by atoms with Gasteiger partial charge in [0.2, 0.25) is 5.91 Å². The first-order chi connectivity index (χ1) is 9.76. The highest BCUT2D eigenvalue weighted by molar-refractivity contribution is 8.00. The number of hydrogen-bond donors (Lipinski definition) is 0. The van der Waals surface area contributed by atoms with Crippen LogP contribution in [-0.4, -0.2) is 35.4 Å². The van der Waals surface area contributed by atoms with Crippen molar-refractivity contribution in [1.82, 2.24) is 10.6 Å². The molecule has 1 aliphatic heterocycles. The molecule has 0 bridgehead atoms. The van der Waals surface area contributed by atoms with Crippen molar-refractivity contribution < 1.29 is 27.5 Å². The normalized spacial score (nSPS) is 18.9. The van der Waals surface area contributed by atoms with E-state index >= 15 is 0 Å². The van der Waals surface area contributed by atoms with Gasteiger partial charge in [-0.25, -0.2) is 0 Å². The number of nitrogens with zero attached hydrogens (tertiary/aromatic N) is 1. The second kappa shape index (κ2) is 5.84. The first kappa shape index (κ1) is 15.5. The molecule has 113 valence electrons. The number of hydrogen-bond acceptors (Lipinski definition) is 4. The fourth-order valence-corrected chi connectivity index (χ4v) is 3.10. The van der Waals surface area contributed by atoms with E-state index in [9.17, 15) is 22.8 Å². The van der Waals surface area contributed by atoms with E-state index in [4.69, 9.17) is 5.73 Å². The van der Waals surface area contributed by atoms with Crippen LogP contribution < -0.4 is 10.5 Å². The van der Waals surface area contributed by atoms with Gasteiger partial charge in [-0.1, -0.05) is 12.1 Å². The molecule has 1 fully saturated rings. The van der Waals surface area contributed by atoms with Gasteiger partial charge in [-0.3, -0.25) is 15.3 Å². The summed E-state index contributed by atoms with van der Waals surface area (Å²) in [5, 5.41) is -0.594. The largest absolute Gasteiger partial charge is 0.573 e. The van der Waals surface area contributed by atoms with Crippen molar-refractivity contribution in [3.05, 3.63) is 29.8 Å². The highest BCUT2D eigenvalue weighted by Crippen LogP contribution is 2.39. The van der Waals surface area contributed by atoms with Gasteiger partial charge in [0.15, 0.2) is 0 Å². The van der Waals surface area contributed by atoms with Gasteiger partial charge in [-0.2, -0.15) is 0 Å². The van der Waals surface area contributed by atoms with Gasteiger partial charge in [0, 0.05) is 0 Å². The molecule has 2 rings (SSSR count). The minimum absolute atomic E-state index is 0.113. The molecule has 1 heterocycles. The van der Waals surface area contributed by atoms with Crippen LogP contribution in [0.15, 0.2) is 24.3 Å². The molecule has 1 saturated heterocycles. The number of amides is 2. The number of ether oxygens (including phenoxy) is 1. The standard InChI is InChI=1S/C12H10F3N2O3S/c13-12(14,15)20-8-3-1-2-7(4-8)11-17(5-9(16)18)10(19)6-21-11/h1-4,11,16H,5-6H2. The summed E-state index contributed by atoms with van der Waals surface area (Å²) >= 11 is 1.18. The van der Waals surface area contributed by atoms with Crippen molar-refractivity contribution >= 4 is 23.6 Å². The van der Waals surface area contributed by atoms with Crippen molar-refractivity contribution in [2.24, 2.45) is 0 Å². The zero-order chi connectivity index (χ0) is 15.6. The molecule has 1 N–H and O–H groups in total. The maximum absolute atomic E-state index is 12.2. The van der Waals surface area contributed by atoms with Gasteiger partial charge in [0.1, 0.15) is 17.7 Å². The van der Waals surface area contributed by atoms with Gasteiger partial charge in [-0.15, -0.1) is 24.9 Å². The van der Waals surface area contributed by atoms with E-state index in [2.05, 4.69) is 4.74 Å². The van der Waals surface area contributed by atoms with Crippen molar-refractivity contribution in [2.75, 3.05) is 12.3 Å². The lowest BCUT2D eigenvalue weighted by Crippen LogP contribution is -2.33.